The molecule has 0 spiro atoms. The van der Waals surface area contributed by atoms with Gasteiger partial charge in [0.2, 0.25) is 5.91 Å². The van der Waals surface area contributed by atoms with Gasteiger partial charge in [-0.25, -0.2) is 4.39 Å². The Morgan fingerprint density at radius 1 is 1.26 bits per heavy atom. The van der Waals surface area contributed by atoms with Crippen LogP contribution >= 0.6 is 11.6 Å². The maximum absolute atomic E-state index is 13.4. The van der Waals surface area contributed by atoms with Gasteiger partial charge in [0.25, 0.3) is 5.91 Å². The summed E-state index contributed by atoms with van der Waals surface area (Å²) in [7, 11) is 1.75. The van der Waals surface area contributed by atoms with Gasteiger partial charge in [-0.15, -0.1) is 0 Å². The van der Waals surface area contributed by atoms with Crippen molar-refractivity contribution in [1.29, 1.82) is 0 Å². The number of benzene rings is 2. The highest BCUT2D eigenvalue weighted by atomic mass is 35.5. The van der Waals surface area contributed by atoms with Gasteiger partial charge in [-0.05, 0) is 42.3 Å². The summed E-state index contributed by atoms with van der Waals surface area (Å²) in [4.78, 5) is 28.2. The summed E-state index contributed by atoms with van der Waals surface area (Å²) >= 11 is 5.87. The average Bonchev–Trinajstić information content (AvgIpc) is 3.02. The van der Waals surface area contributed by atoms with Gasteiger partial charge in [-0.2, -0.15) is 0 Å². The van der Waals surface area contributed by atoms with Crippen LogP contribution in [0.2, 0.25) is 5.02 Å². The van der Waals surface area contributed by atoms with Crippen molar-refractivity contribution < 1.29 is 14.0 Å². The van der Waals surface area contributed by atoms with Crippen molar-refractivity contribution in [1.82, 2.24) is 9.80 Å². The first-order valence-electron chi connectivity index (χ1n) is 8.97. The highest BCUT2D eigenvalue weighted by molar-refractivity contribution is 6.31. The fraction of sp³-hybridized carbons (Fsp3) is 0.333. The summed E-state index contributed by atoms with van der Waals surface area (Å²) < 4.78 is 13.4. The van der Waals surface area contributed by atoms with Crippen LogP contribution in [0.25, 0.3) is 11.1 Å². The Hall–Kier alpha value is -2.40. The summed E-state index contributed by atoms with van der Waals surface area (Å²) in [5.74, 6) is -0.268. The number of hydrogen-bond acceptors (Lipinski definition) is 2. The van der Waals surface area contributed by atoms with Crippen molar-refractivity contribution in [2.75, 3.05) is 26.7 Å². The molecule has 142 valence electrons. The fourth-order valence-electron chi connectivity index (χ4n) is 3.48. The van der Waals surface area contributed by atoms with Crippen LogP contribution in [0, 0.1) is 11.7 Å². The van der Waals surface area contributed by atoms with Gasteiger partial charge in [0.1, 0.15) is 5.82 Å². The van der Waals surface area contributed by atoms with Gasteiger partial charge >= 0.3 is 0 Å². The van der Waals surface area contributed by atoms with Crippen LogP contribution in [0.5, 0.6) is 0 Å². The van der Waals surface area contributed by atoms with Gasteiger partial charge in [-0.1, -0.05) is 29.8 Å². The minimum Gasteiger partial charge on any atom is -0.343 e. The summed E-state index contributed by atoms with van der Waals surface area (Å²) in [5, 5.41) is 0.0488. The molecule has 0 N–H and O–H groups in total. The minimum atomic E-state index is -0.473. The molecule has 0 aliphatic carbocycles. The Labute approximate surface area is 163 Å². The third-order valence-corrected chi connectivity index (χ3v) is 5.21. The van der Waals surface area contributed by atoms with Crippen molar-refractivity contribution in [3.63, 3.8) is 0 Å². The van der Waals surface area contributed by atoms with Crippen molar-refractivity contribution >= 4 is 23.4 Å². The summed E-state index contributed by atoms with van der Waals surface area (Å²) in [6.07, 6.45) is 0.486. The highest BCUT2D eigenvalue weighted by Gasteiger charge is 2.30. The van der Waals surface area contributed by atoms with Crippen LogP contribution in [-0.4, -0.2) is 48.3 Å². The first-order chi connectivity index (χ1) is 12.9. The number of hydrogen-bond donors (Lipinski definition) is 0. The maximum atomic E-state index is 13.4. The Bertz CT molecular complexity index is 871. The number of nitrogens with zero attached hydrogens (tertiary/aromatic N) is 2. The predicted molar refractivity (Wildman–Crippen MR) is 104 cm³/mol. The van der Waals surface area contributed by atoms with Gasteiger partial charge in [0, 0.05) is 44.6 Å². The Morgan fingerprint density at radius 3 is 2.67 bits per heavy atom. The molecule has 1 saturated heterocycles. The van der Waals surface area contributed by atoms with Crippen LogP contribution < -0.4 is 0 Å². The van der Waals surface area contributed by atoms with E-state index in [0.717, 1.165) is 11.1 Å². The van der Waals surface area contributed by atoms with E-state index < -0.39 is 5.82 Å². The first-order valence-corrected chi connectivity index (χ1v) is 9.35. The smallest absolute Gasteiger partial charge is 0.253 e. The standard InChI is InChI=1S/C21H22ClFN2O2/c1-3-25-13-14(9-20(25)26)12-24(2)21(27)17-6-4-5-15(10-17)16-7-8-19(23)18(22)11-16/h4-8,10-11,14H,3,9,12-13H2,1-2H3/t14-/m0/s1. The average molecular weight is 389 g/mol. The fourth-order valence-corrected chi connectivity index (χ4v) is 3.66. The first kappa shape index (κ1) is 19.4. The summed E-state index contributed by atoms with van der Waals surface area (Å²) in [6.45, 7) is 3.90. The third-order valence-electron chi connectivity index (χ3n) is 4.92. The molecule has 0 saturated carbocycles. The summed E-state index contributed by atoms with van der Waals surface area (Å²) in [5.41, 5.74) is 2.09. The van der Waals surface area contributed by atoms with Gasteiger partial charge in [0.15, 0.2) is 0 Å². The zero-order valence-corrected chi connectivity index (χ0v) is 16.2. The van der Waals surface area contributed by atoms with Crippen molar-refractivity contribution in [3.05, 3.63) is 58.9 Å². The largest absolute Gasteiger partial charge is 0.343 e. The normalized spacial score (nSPS) is 16.7. The van der Waals surface area contributed by atoms with Gasteiger partial charge in [-0.3, -0.25) is 9.59 Å². The molecule has 2 aromatic carbocycles. The number of amides is 2. The SMILES string of the molecule is CCN1C[C@H](CN(C)C(=O)c2cccc(-c3ccc(F)c(Cl)c3)c2)CC1=O. The molecule has 1 aliphatic heterocycles. The van der Waals surface area contributed by atoms with E-state index in [1.807, 2.05) is 17.9 Å². The number of carbonyl (C=O) groups is 2. The predicted octanol–water partition coefficient (Wildman–Crippen LogP) is 4.09. The number of rotatable bonds is 5. The lowest BCUT2D eigenvalue weighted by molar-refractivity contribution is -0.127. The van der Waals surface area contributed by atoms with Gasteiger partial charge in [0.05, 0.1) is 5.02 Å². The lowest BCUT2D eigenvalue weighted by Crippen LogP contribution is -2.33. The Morgan fingerprint density at radius 2 is 2.00 bits per heavy atom. The second kappa shape index (κ2) is 8.09. The number of halogens is 2. The van der Waals surface area contributed by atoms with Crippen LogP contribution in [0.3, 0.4) is 0 Å². The topological polar surface area (TPSA) is 40.6 Å². The molecule has 1 atom stereocenters. The van der Waals surface area contributed by atoms with Crippen LogP contribution in [0.4, 0.5) is 4.39 Å². The quantitative estimate of drug-likeness (QED) is 0.774. The van der Waals surface area contributed by atoms with E-state index in [4.69, 9.17) is 11.6 Å². The minimum absolute atomic E-state index is 0.0488. The van der Waals surface area contributed by atoms with E-state index >= 15 is 0 Å². The molecule has 0 bridgehead atoms. The molecule has 1 fully saturated rings. The van der Waals surface area contributed by atoms with Crippen molar-refractivity contribution in [2.45, 2.75) is 13.3 Å². The molecule has 1 aliphatic rings. The molecule has 2 amide bonds. The molecule has 4 nitrogen and oxygen atoms in total. The molecular weight excluding hydrogens is 367 g/mol. The van der Waals surface area contributed by atoms with Crippen molar-refractivity contribution in [2.24, 2.45) is 5.92 Å². The van der Waals surface area contributed by atoms with Gasteiger partial charge < -0.3 is 9.80 Å². The number of carbonyl (C=O) groups excluding carboxylic acids is 2. The summed E-state index contributed by atoms with van der Waals surface area (Å²) in [6, 6.07) is 11.7. The zero-order chi connectivity index (χ0) is 19.6. The van der Waals surface area contributed by atoms with E-state index in [-0.39, 0.29) is 22.8 Å². The molecule has 1 heterocycles. The molecule has 2 aromatic rings. The molecule has 3 rings (SSSR count). The van der Waals surface area contributed by atoms with Crippen LogP contribution in [0.1, 0.15) is 23.7 Å². The Kier molecular flexibility index (Phi) is 5.80. The molecule has 0 unspecified atom stereocenters. The highest BCUT2D eigenvalue weighted by Crippen LogP contribution is 2.26. The monoisotopic (exact) mass is 388 g/mol. The van der Waals surface area contributed by atoms with E-state index in [1.165, 1.54) is 6.07 Å². The zero-order valence-electron chi connectivity index (χ0n) is 15.4. The second-order valence-electron chi connectivity index (χ2n) is 6.90. The maximum Gasteiger partial charge on any atom is 0.253 e. The molecule has 27 heavy (non-hydrogen) atoms. The molecular formula is C21H22ClFN2O2. The number of likely N-dealkylation sites (tertiary alicyclic amines) is 1. The van der Waals surface area contributed by atoms with E-state index in [9.17, 15) is 14.0 Å². The third kappa shape index (κ3) is 4.30. The lowest BCUT2D eigenvalue weighted by Gasteiger charge is -2.21. The lowest BCUT2D eigenvalue weighted by atomic mass is 10.0. The molecule has 0 radical (unpaired) electrons. The van der Waals surface area contributed by atoms with Crippen LogP contribution in [-0.2, 0) is 4.79 Å². The Balaban J connectivity index is 1.73. The van der Waals surface area contributed by atoms with E-state index in [0.29, 0.717) is 31.6 Å². The molecule has 6 heteroatoms. The second-order valence-corrected chi connectivity index (χ2v) is 7.31. The van der Waals surface area contributed by atoms with E-state index in [1.54, 1.807) is 42.3 Å². The van der Waals surface area contributed by atoms with Crippen molar-refractivity contribution in [3.8, 4) is 11.1 Å². The van der Waals surface area contributed by atoms with E-state index in [2.05, 4.69) is 0 Å². The van der Waals surface area contributed by atoms with Crippen LogP contribution in [0.15, 0.2) is 42.5 Å². The molecule has 0 aromatic heterocycles.